The summed E-state index contributed by atoms with van der Waals surface area (Å²) in [6.07, 6.45) is 0.0927. The first kappa shape index (κ1) is 24.7. The van der Waals surface area contributed by atoms with E-state index >= 15 is 0 Å². The highest BCUT2D eigenvalue weighted by atomic mass is 32.2. The summed E-state index contributed by atoms with van der Waals surface area (Å²) in [5.41, 5.74) is 4.57. The molecule has 6 nitrogen and oxygen atoms in total. The largest absolute Gasteiger partial charge is 0.466 e. The normalized spacial score (nSPS) is 17.2. The molecule has 2 aliphatic rings. The van der Waals surface area contributed by atoms with Crippen LogP contribution in [0.4, 0.5) is 4.39 Å². The lowest BCUT2D eigenvalue weighted by Gasteiger charge is -2.36. The van der Waals surface area contributed by atoms with Crippen molar-refractivity contribution in [3.63, 3.8) is 0 Å². The number of methoxy groups -OCH3 is 1. The molecule has 0 saturated heterocycles. The van der Waals surface area contributed by atoms with Gasteiger partial charge in [0.1, 0.15) is 5.82 Å². The van der Waals surface area contributed by atoms with E-state index < -0.39 is 12.0 Å². The maximum Gasteiger partial charge on any atom is 0.338 e. The molecule has 0 aliphatic carbocycles. The summed E-state index contributed by atoms with van der Waals surface area (Å²) in [5, 5.41) is 5.45. The van der Waals surface area contributed by atoms with E-state index in [1.807, 2.05) is 22.4 Å². The number of esters is 1. The van der Waals surface area contributed by atoms with Gasteiger partial charge in [-0.05, 0) is 47.1 Å². The first-order valence-electron chi connectivity index (χ1n) is 11.4. The number of nitrogens with zero attached hydrogens (tertiary/aromatic N) is 2. The lowest BCUT2D eigenvalue weighted by molar-refractivity contribution is -0.136. The van der Waals surface area contributed by atoms with Crippen molar-refractivity contribution in [2.24, 2.45) is 4.99 Å². The molecule has 0 unspecified atom stereocenters. The van der Waals surface area contributed by atoms with Crippen molar-refractivity contribution < 1.29 is 18.7 Å². The van der Waals surface area contributed by atoms with Crippen LogP contribution in [0.3, 0.4) is 0 Å². The number of amidine groups is 1. The van der Waals surface area contributed by atoms with Crippen molar-refractivity contribution in [2.75, 3.05) is 7.11 Å². The second-order valence-corrected chi connectivity index (χ2v) is 9.63. The molecular formula is C27H28FN3O3S. The van der Waals surface area contributed by atoms with E-state index in [0.717, 1.165) is 11.3 Å². The number of hydrogen-bond acceptors (Lipinski definition) is 6. The number of hydrogen-bond donors (Lipinski definition) is 1. The van der Waals surface area contributed by atoms with E-state index in [1.54, 1.807) is 19.1 Å². The van der Waals surface area contributed by atoms with Gasteiger partial charge in [-0.2, -0.15) is 0 Å². The minimum Gasteiger partial charge on any atom is -0.466 e. The minimum absolute atomic E-state index is 0.0927. The maximum absolute atomic E-state index is 13.5. The molecule has 0 fully saturated rings. The maximum atomic E-state index is 13.5. The number of ether oxygens (including phenoxy) is 1. The zero-order chi connectivity index (χ0) is 25.1. The summed E-state index contributed by atoms with van der Waals surface area (Å²) in [6.45, 7) is 6.29. The van der Waals surface area contributed by atoms with Crippen molar-refractivity contribution in [2.45, 2.75) is 45.7 Å². The first-order chi connectivity index (χ1) is 16.8. The van der Waals surface area contributed by atoms with E-state index in [0.29, 0.717) is 27.9 Å². The highest BCUT2D eigenvalue weighted by molar-refractivity contribution is 8.16. The lowest BCUT2D eigenvalue weighted by Crippen LogP contribution is -2.37. The van der Waals surface area contributed by atoms with Gasteiger partial charge in [0.05, 0.1) is 30.8 Å². The van der Waals surface area contributed by atoms with E-state index in [4.69, 9.17) is 4.74 Å². The molecule has 0 bridgehead atoms. The minimum atomic E-state index is -0.464. The van der Waals surface area contributed by atoms with Gasteiger partial charge in [-0.3, -0.25) is 4.79 Å². The fraction of sp³-hybridized carbons (Fsp3) is 0.296. The number of carbonyl (C=O) groups is 2. The van der Waals surface area contributed by atoms with Crippen LogP contribution in [0.15, 0.2) is 75.9 Å². The summed E-state index contributed by atoms with van der Waals surface area (Å²) in [7, 11) is 1.36. The second-order valence-electron chi connectivity index (χ2n) is 8.79. The predicted molar refractivity (Wildman–Crippen MR) is 136 cm³/mol. The van der Waals surface area contributed by atoms with Crippen LogP contribution in [-0.4, -0.2) is 29.1 Å². The molecule has 1 atom stereocenters. The molecule has 182 valence electrons. The van der Waals surface area contributed by atoms with Crippen LogP contribution in [0, 0.1) is 5.82 Å². The topological polar surface area (TPSA) is 71.0 Å². The van der Waals surface area contributed by atoms with Gasteiger partial charge in [-0.1, -0.05) is 62.0 Å². The van der Waals surface area contributed by atoms with Crippen LogP contribution < -0.4 is 5.32 Å². The highest BCUT2D eigenvalue weighted by Gasteiger charge is 2.40. The highest BCUT2D eigenvalue weighted by Crippen LogP contribution is 2.44. The van der Waals surface area contributed by atoms with Gasteiger partial charge in [0.25, 0.3) is 0 Å². The fourth-order valence-electron chi connectivity index (χ4n) is 4.19. The summed E-state index contributed by atoms with van der Waals surface area (Å²) in [5.74, 6) is -0.619. The van der Waals surface area contributed by atoms with Crippen molar-refractivity contribution in [3.8, 4) is 0 Å². The predicted octanol–water partition coefficient (Wildman–Crippen LogP) is 5.40. The van der Waals surface area contributed by atoms with E-state index in [9.17, 15) is 14.0 Å². The third-order valence-corrected chi connectivity index (χ3v) is 6.93. The molecule has 0 spiro atoms. The molecule has 0 saturated carbocycles. The SMILES string of the molecule is COC(=O)C1=C(C)N=C2SC=C(CC(=O)NCc3cccc(F)c3)N2[C@@H]1c1ccc(C(C)C)cc1. The van der Waals surface area contributed by atoms with Gasteiger partial charge >= 0.3 is 5.97 Å². The Bertz CT molecular complexity index is 1230. The fourth-order valence-corrected chi connectivity index (χ4v) is 5.16. The van der Waals surface area contributed by atoms with Crippen molar-refractivity contribution in [1.29, 1.82) is 0 Å². The van der Waals surface area contributed by atoms with Gasteiger partial charge in [-0.15, -0.1) is 0 Å². The number of amides is 1. The third-order valence-electron chi connectivity index (χ3n) is 6.05. The number of rotatable bonds is 7. The molecular weight excluding hydrogens is 465 g/mol. The molecule has 1 amide bonds. The number of carbonyl (C=O) groups excluding carboxylic acids is 2. The average Bonchev–Trinajstić information content (AvgIpc) is 3.23. The van der Waals surface area contributed by atoms with Gasteiger partial charge in [0, 0.05) is 12.2 Å². The van der Waals surface area contributed by atoms with Crippen LogP contribution in [0.1, 0.15) is 55.8 Å². The molecule has 2 aromatic carbocycles. The molecule has 2 aliphatic heterocycles. The zero-order valence-electron chi connectivity index (χ0n) is 20.2. The van der Waals surface area contributed by atoms with Crippen LogP contribution >= 0.6 is 11.8 Å². The van der Waals surface area contributed by atoms with E-state index in [-0.39, 0.29) is 24.7 Å². The van der Waals surface area contributed by atoms with Gasteiger partial charge in [0.2, 0.25) is 5.91 Å². The molecule has 8 heteroatoms. The first-order valence-corrected chi connectivity index (χ1v) is 12.3. The average molecular weight is 494 g/mol. The van der Waals surface area contributed by atoms with Crippen molar-refractivity contribution >= 4 is 28.8 Å². The molecule has 2 heterocycles. The Kier molecular flexibility index (Phi) is 7.40. The number of aliphatic imine (C=N–C) groups is 1. The molecule has 0 radical (unpaired) electrons. The van der Waals surface area contributed by atoms with Gasteiger partial charge in [-0.25, -0.2) is 14.2 Å². The quantitative estimate of drug-likeness (QED) is 0.523. The Morgan fingerprint density at radius 3 is 2.60 bits per heavy atom. The monoisotopic (exact) mass is 493 g/mol. The number of thioether (sulfide) groups is 1. The Morgan fingerprint density at radius 2 is 1.94 bits per heavy atom. The number of nitrogens with one attached hydrogen (secondary N) is 1. The van der Waals surface area contributed by atoms with Crippen LogP contribution in [-0.2, 0) is 20.9 Å². The molecule has 1 N–H and O–H groups in total. The Labute approximate surface area is 209 Å². The Hall–Kier alpha value is -3.39. The molecule has 35 heavy (non-hydrogen) atoms. The van der Waals surface area contributed by atoms with E-state index in [2.05, 4.69) is 36.3 Å². The lowest BCUT2D eigenvalue weighted by atomic mass is 9.92. The standard InChI is InChI=1S/C27H28FN3O3S/c1-16(2)19-8-10-20(11-9-19)25-24(26(33)34-4)17(3)30-27-31(25)22(15-35-27)13-23(32)29-14-18-6-5-7-21(28)12-18/h5-12,15-16,25H,13-14H2,1-4H3,(H,29,32)/t25-/m1/s1. The number of fused-ring (bicyclic) bond motifs is 1. The number of benzene rings is 2. The summed E-state index contributed by atoms with van der Waals surface area (Å²) >= 11 is 1.42. The molecule has 4 rings (SSSR count). The smallest absolute Gasteiger partial charge is 0.338 e. The van der Waals surface area contributed by atoms with Gasteiger partial charge in [0.15, 0.2) is 5.17 Å². The van der Waals surface area contributed by atoms with Gasteiger partial charge < -0.3 is 15.0 Å². The second kappa shape index (κ2) is 10.5. The summed E-state index contributed by atoms with van der Waals surface area (Å²) < 4.78 is 18.6. The Balaban J connectivity index is 1.60. The van der Waals surface area contributed by atoms with Crippen LogP contribution in [0.5, 0.6) is 0 Å². The Morgan fingerprint density at radius 1 is 1.20 bits per heavy atom. The van der Waals surface area contributed by atoms with Crippen molar-refractivity contribution in [1.82, 2.24) is 10.2 Å². The van der Waals surface area contributed by atoms with E-state index in [1.165, 1.54) is 36.6 Å². The summed E-state index contributed by atoms with van der Waals surface area (Å²) in [4.78, 5) is 32.2. The van der Waals surface area contributed by atoms with Crippen molar-refractivity contribution in [3.05, 3.63) is 93.4 Å². The third kappa shape index (κ3) is 5.32. The zero-order valence-corrected chi connectivity index (χ0v) is 21.0. The van der Waals surface area contributed by atoms with Crippen LogP contribution in [0.25, 0.3) is 0 Å². The summed E-state index contributed by atoms with van der Waals surface area (Å²) in [6, 6.07) is 13.8. The number of allylic oxidation sites excluding steroid dienone is 1. The number of halogens is 1. The molecule has 2 aromatic rings. The van der Waals surface area contributed by atoms with Crippen LogP contribution in [0.2, 0.25) is 0 Å². The molecule has 0 aromatic heterocycles.